The van der Waals surface area contributed by atoms with Crippen molar-refractivity contribution in [2.24, 2.45) is 0 Å². The summed E-state index contributed by atoms with van der Waals surface area (Å²) in [5.41, 5.74) is 2.27. The maximum atomic E-state index is 4.97. The highest BCUT2D eigenvalue weighted by atomic mass is 16.5. The molecule has 0 fully saturated rings. The summed E-state index contributed by atoms with van der Waals surface area (Å²) in [6, 6.07) is 8.23. The van der Waals surface area contributed by atoms with Crippen LogP contribution in [0.15, 0.2) is 24.3 Å². The van der Waals surface area contributed by atoms with E-state index in [0.717, 1.165) is 30.9 Å². The second-order valence-corrected chi connectivity index (χ2v) is 3.10. The van der Waals surface area contributed by atoms with E-state index in [0.29, 0.717) is 0 Å². The summed E-state index contributed by atoms with van der Waals surface area (Å²) in [4.78, 5) is 0. The zero-order valence-corrected chi connectivity index (χ0v) is 8.84. The second kappa shape index (κ2) is 6.27. The summed E-state index contributed by atoms with van der Waals surface area (Å²) in [7, 11) is 3.64. The van der Waals surface area contributed by atoms with E-state index in [4.69, 9.17) is 4.74 Å². The Labute approximate surface area is 85.5 Å². The third-order valence-corrected chi connectivity index (χ3v) is 2.01. The predicted molar refractivity (Wildman–Crippen MR) is 61.0 cm³/mol. The molecule has 78 valence electrons. The molecule has 0 saturated heterocycles. The van der Waals surface area contributed by atoms with Gasteiger partial charge in [-0.1, -0.05) is 6.07 Å². The lowest BCUT2D eigenvalue weighted by molar-refractivity contribution is 0.198. The van der Waals surface area contributed by atoms with Crippen LogP contribution in [-0.2, 0) is 4.74 Å². The molecule has 14 heavy (non-hydrogen) atoms. The third kappa shape index (κ3) is 3.66. The number of rotatable bonds is 6. The fourth-order valence-corrected chi connectivity index (χ4v) is 1.23. The van der Waals surface area contributed by atoms with E-state index in [2.05, 4.69) is 22.8 Å². The smallest absolute Gasteiger partial charge is 0.0479 e. The van der Waals surface area contributed by atoms with Gasteiger partial charge in [-0.25, -0.2) is 0 Å². The Balaban J connectivity index is 2.34. The van der Waals surface area contributed by atoms with E-state index in [-0.39, 0.29) is 0 Å². The van der Waals surface area contributed by atoms with Crippen LogP contribution in [0.4, 0.5) is 11.4 Å². The molecule has 0 radical (unpaired) electrons. The molecule has 0 aliphatic carbocycles. The molecule has 0 aromatic heterocycles. The number of nitrogens with one attached hydrogen (secondary N) is 2. The quantitative estimate of drug-likeness (QED) is 0.681. The first-order valence-corrected chi connectivity index (χ1v) is 4.87. The van der Waals surface area contributed by atoms with Crippen molar-refractivity contribution >= 4 is 11.4 Å². The topological polar surface area (TPSA) is 33.3 Å². The molecule has 0 bridgehead atoms. The number of anilines is 2. The van der Waals surface area contributed by atoms with E-state index >= 15 is 0 Å². The van der Waals surface area contributed by atoms with Crippen LogP contribution in [0.3, 0.4) is 0 Å². The van der Waals surface area contributed by atoms with Crippen LogP contribution < -0.4 is 10.6 Å². The average Bonchev–Trinajstić information content (AvgIpc) is 2.25. The molecule has 1 rings (SSSR count). The molecule has 2 N–H and O–H groups in total. The first-order valence-electron chi connectivity index (χ1n) is 4.87. The molecule has 0 amide bonds. The first kappa shape index (κ1) is 10.9. The summed E-state index contributed by atoms with van der Waals surface area (Å²) in [5.74, 6) is 0. The molecule has 1 aromatic rings. The van der Waals surface area contributed by atoms with E-state index < -0.39 is 0 Å². The lowest BCUT2D eigenvalue weighted by Crippen LogP contribution is -2.04. The molecule has 0 saturated carbocycles. The van der Waals surface area contributed by atoms with Crippen molar-refractivity contribution in [3.05, 3.63) is 24.3 Å². The molecule has 1 aromatic carbocycles. The Hall–Kier alpha value is -1.22. The van der Waals surface area contributed by atoms with Gasteiger partial charge in [0.1, 0.15) is 0 Å². The lowest BCUT2D eigenvalue weighted by atomic mass is 10.2. The largest absolute Gasteiger partial charge is 0.388 e. The average molecular weight is 194 g/mol. The maximum absolute atomic E-state index is 4.97. The maximum Gasteiger partial charge on any atom is 0.0479 e. The highest BCUT2D eigenvalue weighted by Crippen LogP contribution is 2.13. The van der Waals surface area contributed by atoms with Crippen LogP contribution in [0.25, 0.3) is 0 Å². The number of benzene rings is 1. The van der Waals surface area contributed by atoms with Crippen molar-refractivity contribution in [1.82, 2.24) is 0 Å². The van der Waals surface area contributed by atoms with E-state index in [1.54, 1.807) is 7.11 Å². The molecule has 3 heteroatoms. The standard InChI is InChI=1S/C11H18N2O/c1-12-10-5-3-6-11(9-10)13-7-4-8-14-2/h3,5-6,9,12-13H,4,7-8H2,1-2H3. The van der Waals surface area contributed by atoms with Gasteiger partial charge in [0.25, 0.3) is 0 Å². The van der Waals surface area contributed by atoms with Crippen molar-refractivity contribution in [3.63, 3.8) is 0 Å². The fraction of sp³-hybridized carbons (Fsp3) is 0.455. The van der Waals surface area contributed by atoms with Crippen molar-refractivity contribution in [2.45, 2.75) is 6.42 Å². The van der Waals surface area contributed by atoms with Crippen LogP contribution in [0.1, 0.15) is 6.42 Å². The van der Waals surface area contributed by atoms with Gasteiger partial charge < -0.3 is 15.4 Å². The van der Waals surface area contributed by atoms with Crippen LogP contribution in [0.2, 0.25) is 0 Å². The SMILES string of the molecule is CNc1cccc(NCCCOC)c1. The van der Waals surface area contributed by atoms with Crippen LogP contribution >= 0.6 is 0 Å². The Morgan fingerprint density at radius 3 is 2.79 bits per heavy atom. The van der Waals surface area contributed by atoms with Gasteiger partial charge in [0.15, 0.2) is 0 Å². The minimum Gasteiger partial charge on any atom is -0.388 e. The predicted octanol–water partition coefficient (Wildman–Crippen LogP) is 2.18. The molecular weight excluding hydrogens is 176 g/mol. The third-order valence-electron chi connectivity index (χ3n) is 2.01. The van der Waals surface area contributed by atoms with Crippen LogP contribution in [0, 0.1) is 0 Å². The minimum atomic E-state index is 0.804. The second-order valence-electron chi connectivity index (χ2n) is 3.10. The number of hydrogen-bond donors (Lipinski definition) is 2. The fourth-order valence-electron chi connectivity index (χ4n) is 1.23. The summed E-state index contributed by atoms with van der Waals surface area (Å²) in [6.45, 7) is 1.75. The summed E-state index contributed by atoms with van der Waals surface area (Å²) < 4.78 is 4.97. The minimum absolute atomic E-state index is 0.804. The zero-order valence-electron chi connectivity index (χ0n) is 8.84. The lowest BCUT2D eigenvalue weighted by Gasteiger charge is -2.07. The number of methoxy groups -OCH3 is 1. The van der Waals surface area contributed by atoms with Gasteiger partial charge >= 0.3 is 0 Å². The highest BCUT2D eigenvalue weighted by Gasteiger charge is 1.92. The monoisotopic (exact) mass is 194 g/mol. The van der Waals surface area contributed by atoms with Gasteiger partial charge in [0, 0.05) is 38.7 Å². The van der Waals surface area contributed by atoms with Crippen molar-refractivity contribution in [3.8, 4) is 0 Å². The van der Waals surface area contributed by atoms with Crippen LogP contribution in [0.5, 0.6) is 0 Å². The van der Waals surface area contributed by atoms with Gasteiger partial charge in [-0.2, -0.15) is 0 Å². The van der Waals surface area contributed by atoms with Gasteiger partial charge in [0.2, 0.25) is 0 Å². The molecule has 0 heterocycles. The Bertz CT molecular complexity index is 263. The van der Waals surface area contributed by atoms with Crippen molar-refractivity contribution in [1.29, 1.82) is 0 Å². The molecular formula is C11H18N2O. The molecule has 0 spiro atoms. The number of ether oxygens (including phenoxy) is 1. The molecule has 0 aliphatic rings. The Morgan fingerprint density at radius 2 is 2.07 bits per heavy atom. The van der Waals surface area contributed by atoms with Gasteiger partial charge in [-0.05, 0) is 24.6 Å². The van der Waals surface area contributed by atoms with Crippen molar-refractivity contribution in [2.75, 3.05) is 37.9 Å². The van der Waals surface area contributed by atoms with E-state index in [1.807, 2.05) is 19.2 Å². The number of hydrogen-bond acceptors (Lipinski definition) is 3. The summed E-state index contributed by atoms with van der Waals surface area (Å²) >= 11 is 0. The summed E-state index contributed by atoms with van der Waals surface area (Å²) in [5, 5.41) is 6.44. The molecule has 0 aliphatic heterocycles. The summed E-state index contributed by atoms with van der Waals surface area (Å²) in [6.07, 6.45) is 1.03. The highest BCUT2D eigenvalue weighted by molar-refractivity contribution is 5.56. The van der Waals surface area contributed by atoms with E-state index in [9.17, 15) is 0 Å². The molecule has 0 unspecified atom stereocenters. The normalized spacial score (nSPS) is 9.86. The van der Waals surface area contributed by atoms with E-state index in [1.165, 1.54) is 0 Å². The zero-order chi connectivity index (χ0) is 10.2. The molecule has 0 atom stereocenters. The van der Waals surface area contributed by atoms with Gasteiger partial charge in [-0.15, -0.1) is 0 Å². The Kier molecular flexibility index (Phi) is 4.86. The van der Waals surface area contributed by atoms with Gasteiger partial charge in [0.05, 0.1) is 0 Å². The van der Waals surface area contributed by atoms with Crippen LogP contribution in [-0.4, -0.2) is 27.3 Å². The molecule has 3 nitrogen and oxygen atoms in total. The Morgan fingerprint density at radius 1 is 1.29 bits per heavy atom. The van der Waals surface area contributed by atoms with Gasteiger partial charge in [-0.3, -0.25) is 0 Å². The van der Waals surface area contributed by atoms with Crippen molar-refractivity contribution < 1.29 is 4.74 Å². The first-order chi connectivity index (χ1) is 6.86.